The Morgan fingerprint density at radius 3 is 2.28 bits per heavy atom. The number of halogens is 1. The molecule has 0 saturated carbocycles. The van der Waals surface area contributed by atoms with E-state index in [2.05, 4.69) is 26.6 Å². The second kappa shape index (κ2) is 12.0. The van der Waals surface area contributed by atoms with Crippen LogP contribution in [0.4, 0.5) is 11.4 Å². The fraction of sp³-hybridized carbons (Fsp3) is 0.148. The average molecular weight is 566 g/mol. The molecule has 3 aromatic rings. The van der Waals surface area contributed by atoms with Gasteiger partial charge in [-0.1, -0.05) is 45.9 Å². The van der Waals surface area contributed by atoms with Crippen molar-refractivity contribution in [2.24, 2.45) is 0 Å². The summed E-state index contributed by atoms with van der Waals surface area (Å²) in [5, 5.41) is 5.99. The summed E-state index contributed by atoms with van der Waals surface area (Å²) < 4.78 is 5.97. The van der Waals surface area contributed by atoms with Crippen LogP contribution in [-0.2, 0) is 14.3 Å². The minimum Gasteiger partial charge on any atom is -0.385 e. The molecule has 9 heteroatoms. The largest absolute Gasteiger partial charge is 0.385 e. The summed E-state index contributed by atoms with van der Waals surface area (Å²) in [4.78, 5) is 41.1. The number of nitrogens with zero attached hydrogens (tertiary/aromatic N) is 1. The van der Waals surface area contributed by atoms with E-state index in [0.717, 1.165) is 15.1 Å². The first kappa shape index (κ1) is 25.7. The van der Waals surface area contributed by atoms with Crippen LogP contribution >= 0.6 is 27.7 Å². The number of hydrogen-bond donors (Lipinski definition) is 2. The maximum Gasteiger partial charge on any atom is 0.278 e. The van der Waals surface area contributed by atoms with Gasteiger partial charge in [0.05, 0.1) is 0 Å². The summed E-state index contributed by atoms with van der Waals surface area (Å²) in [6.45, 7) is 0.727. The quantitative estimate of drug-likeness (QED) is 0.248. The molecular formula is C27H24BrN3O4S. The highest BCUT2D eigenvalue weighted by atomic mass is 79.9. The van der Waals surface area contributed by atoms with Gasteiger partial charge in [0.25, 0.3) is 17.7 Å². The van der Waals surface area contributed by atoms with Gasteiger partial charge in [-0.25, -0.2) is 0 Å². The van der Waals surface area contributed by atoms with Crippen LogP contribution < -0.4 is 10.6 Å². The molecule has 0 bridgehead atoms. The molecule has 2 N–H and O–H groups in total. The molecule has 0 saturated heterocycles. The van der Waals surface area contributed by atoms with E-state index in [1.165, 1.54) is 16.7 Å². The number of rotatable bonds is 10. The van der Waals surface area contributed by atoms with E-state index in [1.54, 1.807) is 43.5 Å². The van der Waals surface area contributed by atoms with Gasteiger partial charge in [-0.15, -0.1) is 0 Å². The number of amides is 3. The predicted molar refractivity (Wildman–Crippen MR) is 145 cm³/mol. The molecule has 0 atom stereocenters. The topological polar surface area (TPSA) is 87.7 Å². The molecule has 0 aromatic heterocycles. The molecule has 184 valence electrons. The Bertz CT molecular complexity index is 1280. The number of para-hydroxylation sites is 1. The molecule has 3 aromatic carbocycles. The predicted octanol–water partition coefficient (Wildman–Crippen LogP) is 5.52. The first-order valence-electron chi connectivity index (χ1n) is 11.2. The lowest BCUT2D eigenvalue weighted by atomic mass is 10.2. The number of benzene rings is 3. The Kier molecular flexibility index (Phi) is 8.58. The summed E-state index contributed by atoms with van der Waals surface area (Å²) >= 11 is 4.57. The van der Waals surface area contributed by atoms with Crippen LogP contribution in [0, 0.1) is 0 Å². The van der Waals surface area contributed by atoms with Crippen LogP contribution in [0.25, 0.3) is 0 Å². The molecule has 1 aliphatic heterocycles. The van der Waals surface area contributed by atoms with E-state index in [1.807, 2.05) is 42.5 Å². The monoisotopic (exact) mass is 565 g/mol. The Hall–Kier alpha value is -3.40. The zero-order valence-electron chi connectivity index (χ0n) is 19.5. The summed E-state index contributed by atoms with van der Waals surface area (Å²) in [7, 11) is 1.58. The van der Waals surface area contributed by atoms with Gasteiger partial charge in [0.2, 0.25) is 0 Å². The third kappa shape index (κ3) is 6.23. The Labute approximate surface area is 222 Å². The highest BCUT2D eigenvalue weighted by Crippen LogP contribution is 2.36. The van der Waals surface area contributed by atoms with Crippen molar-refractivity contribution in [2.45, 2.75) is 11.3 Å². The lowest BCUT2D eigenvalue weighted by Gasteiger charge is -2.14. The minimum atomic E-state index is -0.360. The summed E-state index contributed by atoms with van der Waals surface area (Å²) in [6.07, 6.45) is 0.553. The van der Waals surface area contributed by atoms with Gasteiger partial charge in [0, 0.05) is 46.6 Å². The summed E-state index contributed by atoms with van der Waals surface area (Å²) in [6, 6.07) is 23.5. The maximum atomic E-state index is 13.2. The lowest BCUT2D eigenvalue weighted by molar-refractivity contribution is -0.137. The van der Waals surface area contributed by atoms with Gasteiger partial charge < -0.3 is 15.4 Å². The normalized spacial score (nSPS) is 13.3. The second-order valence-electron chi connectivity index (χ2n) is 7.89. The van der Waals surface area contributed by atoms with Crippen LogP contribution in [0.1, 0.15) is 16.8 Å². The summed E-state index contributed by atoms with van der Waals surface area (Å²) in [5.41, 5.74) is 2.14. The van der Waals surface area contributed by atoms with E-state index >= 15 is 0 Å². The molecule has 1 aliphatic rings. The Balaban J connectivity index is 1.51. The van der Waals surface area contributed by atoms with Crippen molar-refractivity contribution in [2.75, 3.05) is 30.9 Å². The summed E-state index contributed by atoms with van der Waals surface area (Å²) in [5.74, 6) is -0.920. The zero-order valence-corrected chi connectivity index (χ0v) is 21.9. The number of carbonyl (C=O) groups is 3. The van der Waals surface area contributed by atoms with Gasteiger partial charge in [-0.3, -0.25) is 19.3 Å². The number of methoxy groups -OCH3 is 1. The fourth-order valence-corrected chi connectivity index (χ4v) is 4.73. The molecule has 1 heterocycles. The Morgan fingerprint density at radius 2 is 1.61 bits per heavy atom. The molecule has 0 aliphatic carbocycles. The van der Waals surface area contributed by atoms with Gasteiger partial charge in [-0.05, 0) is 67.1 Å². The van der Waals surface area contributed by atoms with E-state index in [0.29, 0.717) is 29.2 Å². The third-order valence-corrected chi connectivity index (χ3v) is 6.96. The molecule has 3 amide bonds. The lowest BCUT2D eigenvalue weighted by Crippen LogP contribution is -2.33. The molecule has 7 nitrogen and oxygen atoms in total. The molecule has 36 heavy (non-hydrogen) atoms. The van der Waals surface area contributed by atoms with Crippen LogP contribution in [0.2, 0.25) is 0 Å². The van der Waals surface area contributed by atoms with Crippen molar-refractivity contribution < 1.29 is 19.1 Å². The standard InChI is InChI=1S/C27H24BrN3O4S/c1-35-17-5-16-31-26(33)23(29-20-6-3-2-4-7-20)24(27(31)34)36-22-14-12-21(13-15-22)30-25(32)18-8-10-19(28)11-9-18/h2-4,6-15,29H,5,16-17H2,1H3,(H,30,32). The number of hydrogen-bond acceptors (Lipinski definition) is 6. The molecule has 0 spiro atoms. The van der Waals surface area contributed by atoms with Crippen molar-refractivity contribution >= 4 is 56.8 Å². The minimum absolute atomic E-state index is 0.219. The first-order valence-corrected chi connectivity index (χ1v) is 12.8. The van der Waals surface area contributed by atoms with E-state index in [-0.39, 0.29) is 30.0 Å². The number of nitrogens with one attached hydrogen (secondary N) is 2. The number of ether oxygens (including phenoxy) is 1. The van der Waals surface area contributed by atoms with Crippen LogP contribution in [-0.4, -0.2) is 42.9 Å². The zero-order chi connectivity index (χ0) is 25.5. The Morgan fingerprint density at radius 1 is 0.917 bits per heavy atom. The van der Waals surface area contributed by atoms with Gasteiger partial charge in [0.15, 0.2) is 0 Å². The number of imide groups is 1. The van der Waals surface area contributed by atoms with Crippen molar-refractivity contribution in [3.8, 4) is 0 Å². The second-order valence-corrected chi connectivity index (χ2v) is 9.89. The van der Waals surface area contributed by atoms with Gasteiger partial charge >= 0.3 is 0 Å². The van der Waals surface area contributed by atoms with Crippen molar-refractivity contribution in [1.82, 2.24) is 4.90 Å². The molecular weight excluding hydrogens is 542 g/mol. The first-order chi connectivity index (χ1) is 17.5. The third-order valence-electron chi connectivity index (χ3n) is 5.34. The van der Waals surface area contributed by atoms with E-state index in [4.69, 9.17) is 4.74 Å². The highest BCUT2D eigenvalue weighted by molar-refractivity contribution is 9.10. The van der Waals surface area contributed by atoms with Crippen LogP contribution in [0.5, 0.6) is 0 Å². The molecule has 0 fully saturated rings. The smallest absolute Gasteiger partial charge is 0.278 e. The maximum absolute atomic E-state index is 13.2. The van der Waals surface area contributed by atoms with Crippen LogP contribution in [0.3, 0.4) is 0 Å². The number of carbonyl (C=O) groups excluding carboxylic acids is 3. The molecule has 0 unspecified atom stereocenters. The number of thioether (sulfide) groups is 1. The van der Waals surface area contributed by atoms with E-state index < -0.39 is 0 Å². The van der Waals surface area contributed by atoms with Crippen molar-refractivity contribution in [1.29, 1.82) is 0 Å². The fourth-order valence-electron chi connectivity index (χ4n) is 3.52. The molecule has 0 radical (unpaired) electrons. The average Bonchev–Trinajstić information content (AvgIpc) is 3.10. The van der Waals surface area contributed by atoms with Gasteiger partial charge in [0.1, 0.15) is 10.6 Å². The van der Waals surface area contributed by atoms with Gasteiger partial charge in [-0.2, -0.15) is 0 Å². The van der Waals surface area contributed by atoms with Crippen molar-refractivity contribution in [3.05, 3.63) is 99.5 Å². The SMILES string of the molecule is COCCCN1C(=O)C(Nc2ccccc2)=C(Sc2ccc(NC(=O)c3ccc(Br)cc3)cc2)C1=O. The van der Waals surface area contributed by atoms with Crippen molar-refractivity contribution in [3.63, 3.8) is 0 Å². The number of anilines is 2. The molecule has 4 rings (SSSR count). The highest BCUT2D eigenvalue weighted by Gasteiger charge is 2.38. The van der Waals surface area contributed by atoms with Crippen LogP contribution in [0.15, 0.2) is 98.8 Å². The van der Waals surface area contributed by atoms with E-state index in [9.17, 15) is 14.4 Å².